The number of carbonyl (C=O) groups excluding carboxylic acids is 2. The van der Waals surface area contributed by atoms with Crippen molar-refractivity contribution < 1.29 is 14.3 Å². The quantitative estimate of drug-likeness (QED) is 0.795. The van der Waals surface area contributed by atoms with Crippen molar-refractivity contribution in [3.05, 3.63) is 41.1 Å². The lowest BCUT2D eigenvalue weighted by Gasteiger charge is -2.31. The van der Waals surface area contributed by atoms with Crippen LogP contribution in [0.1, 0.15) is 19.8 Å². The molecule has 1 atom stereocenters. The first kappa shape index (κ1) is 19.3. The van der Waals surface area contributed by atoms with Crippen LogP contribution in [0.4, 0.5) is 10.6 Å². The topological polar surface area (TPSA) is 84.4 Å². The summed E-state index contributed by atoms with van der Waals surface area (Å²) >= 11 is 3.41. The number of carbonyl (C=O) groups is 2. The van der Waals surface area contributed by atoms with E-state index in [0.717, 1.165) is 28.6 Å². The Hall–Kier alpha value is -2.48. The summed E-state index contributed by atoms with van der Waals surface area (Å²) in [6, 6.07) is 9.49. The van der Waals surface area contributed by atoms with Crippen LogP contribution in [-0.4, -0.2) is 46.6 Å². The number of nitrogens with zero attached hydrogens (tertiary/aromatic N) is 3. The van der Waals surface area contributed by atoms with Crippen molar-refractivity contribution in [3.8, 4) is 11.3 Å². The van der Waals surface area contributed by atoms with Gasteiger partial charge in [-0.05, 0) is 31.9 Å². The van der Waals surface area contributed by atoms with Crippen LogP contribution in [0, 0.1) is 5.92 Å². The number of rotatable bonds is 4. The Kier molecular flexibility index (Phi) is 6.39. The lowest BCUT2D eigenvalue weighted by atomic mass is 9.97. The summed E-state index contributed by atoms with van der Waals surface area (Å²) in [7, 11) is 0. The SMILES string of the molecule is CCOC(=O)N1CCCC(C(=O)Nc2cc(-c3ccc(Br)cc3)ncn2)C1. The predicted octanol–water partition coefficient (Wildman–Crippen LogP) is 3.71. The minimum atomic E-state index is -0.366. The highest BCUT2D eigenvalue weighted by Gasteiger charge is 2.29. The third kappa shape index (κ3) is 5.03. The van der Waals surface area contributed by atoms with E-state index in [4.69, 9.17) is 4.74 Å². The summed E-state index contributed by atoms with van der Waals surface area (Å²) < 4.78 is 6.02. The molecular weight excluding hydrogens is 412 g/mol. The minimum Gasteiger partial charge on any atom is -0.450 e. The van der Waals surface area contributed by atoms with Crippen LogP contribution in [0.5, 0.6) is 0 Å². The highest BCUT2D eigenvalue weighted by atomic mass is 79.9. The molecule has 0 radical (unpaired) electrons. The molecular formula is C19H21BrN4O3. The molecule has 1 N–H and O–H groups in total. The van der Waals surface area contributed by atoms with Gasteiger partial charge < -0.3 is 15.0 Å². The van der Waals surface area contributed by atoms with Crippen LogP contribution in [0.2, 0.25) is 0 Å². The number of hydrogen-bond donors (Lipinski definition) is 1. The van der Waals surface area contributed by atoms with Crippen molar-refractivity contribution in [2.45, 2.75) is 19.8 Å². The first-order chi connectivity index (χ1) is 13.1. The summed E-state index contributed by atoms with van der Waals surface area (Å²) in [5.74, 6) is 0.0138. The third-order valence-electron chi connectivity index (χ3n) is 4.38. The molecule has 1 unspecified atom stereocenters. The number of halogens is 1. The molecule has 2 aromatic rings. The highest BCUT2D eigenvalue weighted by molar-refractivity contribution is 9.10. The molecule has 1 aliphatic heterocycles. The zero-order valence-corrected chi connectivity index (χ0v) is 16.6. The predicted molar refractivity (Wildman–Crippen MR) is 105 cm³/mol. The highest BCUT2D eigenvalue weighted by Crippen LogP contribution is 2.23. The molecule has 0 bridgehead atoms. The van der Waals surface area contributed by atoms with E-state index in [1.807, 2.05) is 24.3 Å². The summed E-state index contributed by atoms with van der Waals surface area (Å²) in [4.78, 5) is 34.5. The molecule has 1 saturated heterocycles. The van der Waals surface area contributed by atoms with Gasteiger partial charge in [0.1, 0.15) is 12.1 Å². The van der Waals surface area contributed by atoms with Gasteiger partial charge in [0, 0.05) is 29.2 Å². The Balaban J connectivity index is 1.66. The van der Waals surface area contributed by atoms with Gasteiger partial charge in [-0.2, -0.15) is 0 Å². The Morgan fingerprint density at radius 3 is 2.81 bits per heavy atom. The van der Waals surface area contributed by atoms with Crippen LogP contribution in [0.15, 0.2) is 41.1 Å². The second kappa shape index (κ2) is 8.94. The molecule has 1 aliphatic rings. The van der Waals surface area contributed by atoms with Crippen LogP contribution in [0.25, 0.3) is 11.3 Å². The largest absolute Gasteiger partial charge is 0.450 e. The number of amides is 2. The number of nitrogens with one attached hydrogen (secondary N) is 1. The summed E-state index contributed by atoms with van der Waals surface area (Å²) in [6.45, 7) is 3.06. The molecule has 8 heteroatoms. The fourth-order valence-electron chi connectivity index (χ4n) is 3.00. The van der Waals surface area contributed by atoms with E-state index in [1.165, 1.54) is 6.33 Å². The fraction of sp³-hybridized carbons (Fsp3) is 0.368. The van der Waals surface area contributed by atoms with Crippen LogP contribution in [0.3, 0.4) is 0 Å². The average molecular weight is 433 g/mol. The van der Waals surface area contributed by atoms with Gasteiger partial charge in [0.15, 0.2) is 0 Å². The fourth-order valence-corrected chi connectivity index (χ4v) is 3.27. The van der Waals surface area contributed by atoms with E-state index in [9.17, 15) is 9.59 Å². The minimum absolute atomic E-state index is 0.149. The van der Waals surface area contributed by atoms with Crippen molar-refractivity contribution in [2.24, 2.45) is 5.92 Å². The molecule has 0 saturated carbocycles. The number of benzene rings is 1. The third-order valence-corrected chi connectivity index (χ3v) is 4.91. The van der Waals surface area contributed by atoms with Crippen molar-refractivity contribution in [3.63, 3.8) is 0 Å². The number of ether oxygens (including phenoxy) is 1. The van der Waals surface area contributed by atoms with Crippen LogP contribution in [-0.2, 0) is 9.53 Å². The van der Waals surface area contributed by atoms with Gasteiger partial charge in [0.2, 0.25) is 5.91 Å². The molecule has 2 heterocycles. The number of piperidine rings is 1. The first-order valence-electron chi connectivity index (χ1n) is 8.87. The van der Waals surface area contributed by atoms with Crippen molar-refractivity contribution in [1.29, 1.82) is 0 Å². The Morgan fingerprint density at radius 1 is 1.30 bits per heavy atom. The van der Waals surface area contributed by atoms with Crippen molar-refractivity contribution >= 4 is 33.7 Å². The molecule has 142 valence electrons. The van der Waals surface area contributed by atoms with Gasteiger partial charge >= 0.3 is 6.09 Å². The van der Waals surface area contributed by atoms with E-state index < -0.39 is 0 Å². The Labute approximate surface area is 166 Å². The lowest BCUT2D eigenvalue weighted by molar-refractivity contribution is -0.121. The van der Waals surface area contributed by atoms with Gasteiger partial charge in [-0.3, -0.25) is 4.79 Å². The molecule has 3 rings (SSSR count). The molecule has 0 spiro atoms. The number of anilines is 1. The van der Waals surface area contributed by atoms with Crippen molar-refractivity contribution in [1.82, 2.24) is 14.9 Å². The van der Waals surface area contributed by atoms with Gasteiger partial charge in [-0.25, -0.2) is 14.8 Å². The van der Waals surface area contributed by atoms with E-state index in [-0.39, 0.29) is 17.9 Å². The standard InChI is InChI=1S/C19H21BrN4O3/c1-2-27-19(26)24-9-3-4-14(11-24)18(25)23-17-10-16(21-12-22-17)13-5-7-15(20)8-6-13/h5-8,10,12,14H,2-4,9,11H2,1H3,(H,21,22,23,25). The molecule has 2 amide bonds. The lowest BCUT2D eigenvalue weighted by Crippen LogP contribution is -2.44. The van der Waals surface area contributed by atoms with E-state index in [0.29, 0.717) is 25.5 Å². The van der Waals surface area contributed by atoms with Crippen LogP contribution >= 0.6 is 15.9 Å². The van der Waals surface area contributed by atoms with Crippen LogP contribution < -0.4 is 5.32 Å². The second-order valence-corrected chi connectivity index (χ2v) is 7.18. The maximum atomic E-state index is 12.6. The molecule has 27 heavy (non-hydrogen) atoms. The Morgan fingerprint density at radius 2 is 2.07 bits per heavy atom. The van der Waals surface area contributed by atoms with Gasteiger partial charge in [-0.15, -0.1) is 0 Å². The first-order valence-corrected chi connectivity index (χ1v) is 9.66. The number of aromatic nitrogens is 2. The smallest absolute Gasteiger partial charge is 0.409 e. The maximum Gasteiger partial charge on any atom is 0.409 e. The molecule has 0 aliphatic carbocycles. The second-order valence-electron chi connectivity index (χ2n) is 6.27. The molecule has 1 aromatic carbocycles. The van der Waals surface area contributed by atoms with Gasteiger partial charge in [0.05, 0.1) is 18.2 Å². The van der Waals surface area contributed by atoms with Crippen molar-refractivity contribution in [2.75, 3.05) is 25.0 Å². The summed E-state index contributed by atoms with van der Waals surface area (Å²) in [5.41, 5.74) is 1.66. The molecule has 1 fully saturated rings. The number of likely N-dealkylation sites (tertiary alicyclic amines) is 1. The average Bonchev–Trinajstić information content (AvgIpc) is 2.69. The van der Waals surface area contributed by atoms with Gasteiger partial charge in [-0.1, -0.05) is 28.1 Å². The van der Waals surface area contributed by atoms with E-state index >= 15 is 0 Å². The monoisotopic (exact) mass is 432 g/mol. The van der Waals surface area contributed by atoms with E-state index in [1.54, 1.807) is 17.9 Å². The summed E-state index contributed by atoms with van der Waals surface area (Å²) in [5, 5.41) is 2.85. The molecule has 1 aromatic heterocycles. The molecule has 7 nitrogen and oxygen atoms in total. The zero-order valence-electron chi connectivity index (χ0n) is 15.0. The summed E-state index contributed by atoms with van der Waals surface area (Å²) in [6.07, 6.45) is 2.56. The zero-order chi connectivity index (χ0) is 19.2. The normalized spacial score (nSPS) is 16.7. The van der Waals surface area contributed by atoms with E-state index in [2.05, 4.69) is 31.2 Å². The maximum absolute atomic E-state index is 12.6. The number of hydrogen-bond acceptors (Lipinski definition) is 5. The van der Waals surface area contributed by atoms with Gasteiger partial charge in [0.25, 0.3) is 0 Å². The Bertz CT molecular complexity index is 813.